The summed E-state index contributed by atoms with van der Waals surface area (Å²) < 4.78 is 71.9. The van der Waals surface area contributed by atoms with E-state index < -0.39 is 46.8 Å². The topological polar surface area (TPSA) is 142 Å². The van der Waals surface area contributed by atoms with Crippen LogP contribution in [0, 0.1) is 11.6 Å². The van der Waals surface area contributed by atoms with Crippen LogP contribution in [0.25, 0.3) is 10.8 Å². The highest BCUT2D eigenvalue weighted by Gasteiger charge is 2.20. The molecule has 0 heterocycles. The Balaban J connectivity index is 1.27. The average Bonchev–Trinajstić information content (AvgIpc) is 3.18. The van der Waals surface area contributed by atoms with E-state index >= 15 is 0 Å². The van der Waals surface area contributed by atoms with E-state index in [0.717, 1.165) is 24.3 Å². The molecule has 0 saturated heterocycles. The van der Waals surface area contributed by atoms with Crippen LogP contribution in [-0.4, -0.2) is 76.7 Å². The molecule has 0 aliphatic heterocycles. The lowest BCUT2D eigenvalue weighted by Gasteiger charge is -2.13. The third-order valence-corrected chi connectivity index (χ3v) is 7.28. The maximum absolute atomic E-state index is 14.8. The summed E-state index contributed by atoms with van der Waals surface area (Å²) in [5.41, 5.74) is -0.139. The van der Waals surface area contributed by atoms with Crippen molar-refractivity contribution >= 4 is 34.6 Å². The van der Waals surface area contributed by atoms with Crippen LogP contribution in [0.15, 0.2) is 98.1 Å². The van der Waals surface area contributed by atoms with Crippen molar-refractivity contribution < 1.29 is 65.9 Å². The van der Waals surface area contributed by atoms with Crippen molar-refractivity contribution in [3.05, 3.63) is 121 Å². The van der Waals surface area contributed by atoms with Crippen LogP contribution < -0.4 is 18.9 Å². The Morgan fingerprint density at radius 1 is 0.556 bits per heavy atom. The summed E-state index contributed by atoms with van der Waals surface area (Å²) >= 11 is 0. The molecule has 0 bridgehead atoms. The van der Waals surface area contributed by atoms with Crippen LogP contribution in [0.5, 0.6) is 23.0 Å². The first kappa shape index (κ1) is 40.6. The van der Waals surface area contributed by atoms with E-state index in [2.05, 4.69) is 13.2 Å². The quantitative estimate of drug-likeness (QED) is 0.0371. The van der Waals surface area contributed by atoms with E-state index in [4.69, 9.17) is 37.9 Å². The van der Waals surface area contributed by atoms with Gasteiger partial charge in [0.2, 0.25) is 0 Å². The predicted molar refractivity (Wildman–Crippen MR) is 191 cm³/mol. The fourth-order valence-corrected chi connectivity index (χ4v) is 4.65. The Morgan fingerprint density at radius 2 is 1.06 bits per heavy atom. The van der Waals surface area contributed by atoms with Gasteiger partial charge in [-0.1, -0.05) is 37.4 Å². The minimum absolute atomic E-state index is 0.00257. The number of hydrogen-bond donors (Lipinski definition) is 0. The molecule has 0 radical (unpaired) electrons. The molecular weight excluding hydrogens is 710 g/mol. The van der Waals surface area contributed by atoms with Crippen molar-refractivity contribution in [2.45, 2.75) is 12.8 Å². The number of benzene rings is 4. The summed E-state index contributed by atoms with van der Waals surface area (Å²) in [5, 5.41) is 0.848. The number of fused-ring (bicyclic) bond motifs is 1. The molecule has 0 amide bonds. The monoisotopic (exact) mass is 748 g/mol. The number of rotatable bonds is 22. The highest BCUT2D eigenvalue weighted by Crippen LogP contribution is 2.34. The maximum Gasteiger partial charge on any atom is 0.343 e. The van der Waals surface area contributed by atoms with Crippen molar-refractivity contribution in [2.75, 3.05) is 52.9 Å². The molecule has 284 valence electrons. The van der Waals surface area contributed by atoms with E-state index in [1.807, 2.05) is 0 Å². The van der Waals surface area contributed by atoms with Crippen molar-refractivity contribution in [3.63, 3.8) is 0 Å². The molecule has 0 spiro atoms. The number of hydrogen-bond acceptors (Lipinski definition) is 12. The summed E-state index contributed by atoms with van der Waals surface area (Å²) in [6, 6.07) is 17.5. The Hall–Kier alpha value is -6.12. The first-order chi connectivity index (χ1) is 26.2. The number of ether oxygens (including phenoxy) is 8. The SMILES string of the molecule is C=CC(=O)OCCCCOc1ccc(C(=O)Oc2ccc(OC(=O)c3cc(F)c(OCCOCCOCCOC(=O)C=C)c(F)c3)c3ccccc23)cc1. The van der Waals surface area contributed by atoms with E-state index in [-0.39, 0.29) is 63.3 Å². The van der Waals surface area contributed by atoms with Crippen LogP contribution in [0.3, 0.4) is 0 Å². The van der Waals surface area contributed by atoms with Crippen molar-refractivity contribution in [1.82, 2.24) is 0 Å². The molecule has 12 nitrogen and oxygen atoms in total. The van der Waals surface area contributed by atoms with Gasteiger partial charge in [0.15, 0.2) is 17.4 Å². The fraction of sp³-hybridized carbons (Fsp3) is 0.250. The molecule has 14 heteroatoms. The van der Waals surface area contributed by atoms with E-state index in [1.165, 1.54) is 12.1 Å². The second-order valence-electron chi connectivity index (χ2n) is 11.1. The Kier molecular flexibility index (Phi) is 16.1. The number of halogens is 2. The molecule has 0 aliphatic carbocycles. The summed E-state index contributed by atoms with van der Waals surface area (Å²) in [5.74, 6) is -4.83. The van der Waals surface area contributed by atoms with E-state index in [0.29, 0.717) is 36.0 Å². The summed E-state index contributed by atoms with van der Waals surface area (Å²) in [6.45, 7) is 7.67. The van der Waals surface area contributed by atoms with Gasteiger partial charge >= 0.3 is 23.9 Å². The van der Waals surface area contributed by atoms with Gasteiger partial charge in [0, 0.05) is 22.9 Å². The zero-order valence-electron chi connectivity index (χ0n) is 29.2. The lowest BCUT2D eigenvalue weighted by molar-refractivity contribution is -0.139. The molecule has 4 rings (SSSR count). The third-order valence-electron chi connectivity index (χ3n) is 7.28. The lowest BCUT2D eigenvalue weighted by atomic mass is 10.1. The molecule has 0 saturated carbocycles. The number of unbranched alkanes of at least 4 members (excludes halogenated alkanes) is 1. The van der Waals surface area contributed by atoms with Crippen LogP contribution >= 0.6 is 0 Å². The molecule has 0 N–H and O–H groups in total. The molecule has 0 fully saturated rings. The molecule has 0 aromatic heterocycles. The zero-order valence-corrected chi connectivity index (χ0v) is 29.2. The lowest BCUT2D eigenvalue weighted by Crippen LogP contribution is -2.15. The highest BCUT2D eigenvalue weighted by molar-refractivity contribution is 6.00. The molecule has 0 atom stereocenters. The second-order valence-corrected chi connectivity index (χ2v) is 11.1. The summed E-state index contributed by atoms with van der Waals surface area (Å²) in [4.78, 5) is 48.0. The van der Waals surface area contributed by atoms with Gasteiger partial charge in [-0.25, -0.2) is 28.0 Å². The fourth-order valence-electron chi connectivity index (χ4n) is 4.65. The van der Waals surface area contributed by atoms with Crippen LogP contribution in [0.2, 0.25) is 0 Å². The van der Waals surface area contributed by atoms with Gasteiger partial charge in [-0.15, -0.1) is 0 Å². The standard InChI is InChI=1S/C40H38F2O12/c1-3-36(43)50-18-8-7-17-49-29-13-11-27(12-14-29)39(45)53-34-15-16-35(31-10-6-5-9-30(31)34)54-40(46)28-25-32(41)38(33(42)26-28)52-24-22-48-20-19-47-21-23-51-37(44)4-2/h3-6,9-16,25-26H,1-2,7-8,17-24H2. The second kappa shape index (κ2) is 21.4. The van der Waals surface area contributed by atoms with E-state index in [9.17, 15) is 28.0 Å². The molecule has 4 aromatic carbocycles. The maximum atomic E-state index is 14.8. The van der Waals surface area contributed by atoms with Gasteiger partial charge in [-0.05, 0) is 61.4 Å². The minimum Gasteiger partial charge on any atom is -0.494 e. The van der Waals surface area contributed by atoms with Gasteiger partial charge in [0.05, 0.1) is 50.8 Å². The van der Waals surface area contributed by atoms with Gasteiger partial charge in [0.25, 0.3) is 0 Å². The number of carbonyl (C=O) groups is 4. The summed E-state index contributed by atoms with van der Waals surface area (Å²) in [7, 11) is 0. The van der Waals surface area contributed by atoms with E-state index in [1.54, 1.807) is 48.5 Å². The minimum atomic E-state index is -1.12. The molecule has 0 unspecified atom stereocenters. The average molecular weight is 749 g/mol. The molecule has 0 aliphatic rings. The first-order valence-electron chi connectivity index (χ1n) is 16.7. The Morgan fingerprint density at radius 3 is 1.63 bits per heavy atom. The normalized spacial score (nSPS) is 10.6. The smallest absolute Gasteiger partial charge is 0.343 e. The van der Waals surface area contributed by atoms with Gasteiger partial charge in [0.1, 0.15) is 30.5 Å². The summed E-state index contributed by atoms with van der Waals surface area (Å²) in [6.07, 6.45) is 3.41. The number of carbonyl (C=O) groups excluding carboxylic acids is 4. The Labute approximate surface area is 309 Å². The van der Waals surface area contributed by atoms with Crippen molar-refractivity contribution in [3.8, 4) is 23.0 Å². The number of esters is 4. The molecule has 54 heavy (non-hydrogen) atoms. The predicted octanol–water partition coefficient (Wildman–Crippen LogP) is 6.59. The highest BCUT2D eigenvalue weighted by atomic mass is 19.1. The van der Waals surface area contributed by atoms with Crippen molar-refractivity contribution in [1.29, 1.82) is 0 Å². The zero-order chi connectivity index (χ0) is 38.7. The molecular formula is C40H38F2O12. The van der Waals surface area contributed by atoms with Crippen molar-refractivity contribution in [2.24, 2.45) is 0 Å². The molecule has 4 aromatic rings. The first-order valence-corrected chi connectivity index (χ1v) is 16.7. The van der Waals surface area contributed by atoms with Crippen LogP contribution in [-0.2, 0) is 28.5 Å². The van der Waals surface area contributed by atoms with Crippen LogP contribution in [0.4, 0.5) is 8.78 Å². The van der Waals surface area contributed by atoms with Crippen LogP contribution in [0.1, 0.15) is 33.6 Å². The Bertz CT molecular complexity index is 1900. The largest absolute Gasteiger partial charge is 0.494 e. The van der Waals surface area contributed by atoms with Gasteiger partial charge in [-0.2, -0.15) is 0 Å². The van der Waals surface area contributed by atoms with Gasteiger partial charge < -0.3 is 37.9 Å². The third kappa shape index (κ3) is 12.5. The van der Waals surface area contributed by atoms with Gasteiger partial charge in [-0.3, -0.25) is 0 Å².